The Morgan fingerprint density at radius 2 is 2.00 bits per heavy atom. The van der Waals surface area contributed by atoms with Gasteiger partial charge in [-0.1, -0.05) is 17.7 Å². The second kappa shape index (κ2) is 3.43. The van der Waals surface area contributed by atoms with Crippen LogP contribution < -0.4 is 5.46 Å². The lowest BCUT2D eigenvalue weighted by molar-refractivity contribution is 0.422. The number of halogens is 2. The summed E-state index contributed by atoms with van der Waals surface area (Å²) in [6.07, 6.45) is 0. The fraction of sp³-hybridized carbons (Fsp3) is 0.143. The van der Waals surface area contributed by atoms with E-state index < -0.39 is 12.9 Å². The third-order valence-corrected chi connectivity index (χ3v) is 1.90. The highest BCUT2D eigenvalue weighted by molar-refractivity contribution is 6.59. The molecule has 2 nitrogen and oxygen atoms in total. The molecule has 0 bridgehead atoms. The van der Waals surface area contributed by atoms with E-state index in [1.807, 2.05) is 0 Å². The first kappa shape index (κ1) is 9.51. The lowest BCUT2D eigenvalue weighted by atomic mass is 9.77. The monoisotopic (exact) mass is 188 g/mol. The van der Waals surface area contributed by atoms with Crippen LogP contribution >= 0.6 is 11.6 Å². The van der Waals surface area contributed by atoms with Gasteiger partial charge in [0.15, 0.2) is 0 Å². The number of hydrogen-bond donors (Lipinski definition) is 2. The van der Waals surface area contributed by atoms with Crippen molar-refractivity contribution in [2.75, 3.05) is 0 Å². The summed E-state index contributed by atoms with van der Waals surface area (Å²) in [5.41, 5.74) is 0.300. The summed E-state index contributed by atoms with van der Waals surface area (Å²) in [5, 5.41) is 17.4. The Balaban J connectivity index is 3.33. The summed E-state index contributed by atoms with van der Waals surface area (Å²) >= 11 is 5.43. The maximum absolute atomic E-state index is 13.1. The Labute approximate surface area is 74.7 Å². The molecule has 1 aromatic rings. The van der Waals surface area contributed by atoms with Crippen LogP contribution in [0.1, 0.15) is 5.56 Å². The van der Waals surface area contributed by atoms with Gasteiger partial charge in [-0.3, -0.25) is 0 Å². The zero-order valence-electron chi connectivity index (χ0n) is 6.38. The van der Waals surface area contributed by atoms with Crippen molar-refractivity contribution in [3.05, 3.63) is 28.5 Å². The zero-order chi connectivity index (χ0) is 9.30. The quantitative estimate of drug-likeness (QED) is 0.629. The van der Waals surface area contributed by atoms with Crippen LogP contribution in [0.25, 0.3) is 0 Å². The highest BCUT2D eigenvalue weighted by Gasteiger charge is 2.20. The second-order valence-electron chi connectivity index (χ2n) is 2.47. The maximum atomic E-state index is 13.1. The van der Waals surface area contributed by atoms with Crippen LogP contribution in [0.3, 0.4) is 0 Å². The summed E-state index contributed by atoms with van der Waals surface area (Å²) in [7, 11) is -1.82. The van der Waals surface area contributed by atoms with Gasteiger partial charge < -0.3 is 10.0 Å². The summed E-state index contributed by atoms with van der Waals surface area (Å²) in [6, 6.07) is 2.90. The maximum Gasteiger partial charge on any atom is 0.491 e. The molecule has 2 N–H and O–H groups in total. The molecule has 0 heterocycles. The highest BCUT2D eigenvalue weighted by atomic mass is 35.5. The van der Waals surface area contributed by atoms with Crippen LogP contribution in [0, 0.1) is 12.7 Å². The van der Waals surface area contributed by atoms with Gasteiger partial charge in [-0.2, -0.15) is 0 Å². The number of aryl methyl sites for hydroxylation is 1. The highest BCUT2D eigenvalue weighted by Crippen LogP contribution is 2.13. The summed E-state index contributed by atoms with van der Waals surface area (Å²) in [4.78, 5) is 0. The first-order valence-electron chi connectivity index (χ1n) is 3.34. The smallest absolute Gasteiger partial charge is 0.423 e. The van der Waals surface area contributed by atoms with E-state index in [4.69, 9.17) is 21.6 Å². The molecule has 0 fully saturated rings. The van der Waals surface area contributed by atoms with Gasteiger partial charge in [-0.15, -0.1) is 0 Å². The molecule has 0 spiro atoms. The van der Waals surface area contributed by atoms with Crippen LogP contribution in [-0.2, 0) is 0 Å². The average Bonchev–Trinajstić information content (AvgIpc) is 1.97. The molecule has 0 aliphatic rings. The number of hydrogen-bond acceptors (Lipinski definition) is 2. The minimum atomic E-state index is -1.82. The van der Waals surface area contributed by atoms with Gasteiger partial charge in [0, 0.05) is 5.46 Å². The van der Waals surface area contributed by atoms with E-state index in [1.54, 1.807) is 6.92 Å². The lowest BCUT2D eigenvalue weighted by Crippen LogP contribution is -2.35. The Hall–Kier alpha value is -0.575. The van der Waals surface area contributed by atoms with Gasteiger partial charge in [0.05, 0.1) is 5.02 Å². The van der Waals surface area contributed by atoms with Crippen molar-refractivity contribution < 1.29 is 14.4 Å². The fourth-order valence-corrected chi connectivity index (χ4v) is 1.14. The Bertz CT molecular complexity index is 304. The second-order valence-corrected chi connectivity index (χ2v) is 2.87. The Morgan fingerprint density at radius 3 is 2.42 bits per heavy atom. The number of benzene rings is 1. The third kappa shape index (κ3) is 1.60. The molecule has 0 aliphatic heterocycles. The Kier molecular flexibility index (Phi) is 2.72. The lowest BCUT2D eigenvalue weighted by Gasteiger charge is -2.06. The molecule has 12 heavy (non-hydrogen) atoms. The van der Waals surface area contributed by atoms with E-state index in [9.17, 15) is 4.39 Å². The van der Waals surface area contributed by atoms with Crippen molar-refractivity contribution in [3.63, 3.8) is 0 Å². The molecule has 0 atom stereocenters. The van der Waals surface area contributed by atoms with Crippen molar-refractivity contribution in [1.82, 2.24) is 0 Å². The zero-order valence-corrected chi connectivity index (χ0v) is 7.14. The van der Waals surface area contributed by atoms with Gasteiger partial charge in [0.2, 0.25) is 0 Å². The summed E-state index contributed by atoms with van der Waals surface area (Å²) in [5.74, 6) is -0.772. The molecule has 1 rings (SSSR count). The van der Waals surface area contributed by atoms with E-state index in [2.05, 4.69) is 0 Å². The topological polar surface area (TPSA) is 40.5 Å². The number of rotatable bonds is 1. The van der Waals surface area contributed by atoms with Crippen molar-refractivity contribution in [2.24, 2.45) is 0 Å². The SMILES string of the molecule is Cc1ccc(Cl)c(F)c1B(O)O. The molecule has 0 unspecified atom stereocenters. The van der Waals surface area contributed by atoms with Crippen LogP contribution in [0.4, 0.5) is 4.39 Å². The molecule has 64 valence electrons. The summed E-state index contributed by atoms with van der Waals surface area (Å²) in [6.45, 7) is 1.58. The van der Waals surface area contributed by atoms with Gasteiger partial charge >= 0.3 is 7.12 Å². The van der Waals surface area contributed by atoms with Crippen LogP contribution in [0.2, 0.25) is 5.02 Å². The van der Waals surface area contributed by atoms with Crippen molar-refractivity contribution in [3.8, 4) is 0 Å². The van der Waals surface area contributed by atoms with Gasteiger partial charge in [-0.05, 0) is 18.6 Å². The van der Waals surface area contributed by atoms with E-state index in [0.29, 0.717) is 5.56 Å². The van der Waals surface area contributed by atoms with Crippen molar-refractivity contribution in [1.29, 1.82) is 0 Å². The normalized spacial score (nSPS) is 10.1. The van der Waals surface area contributed by atoms with E-state index >= 15 is 0 Å². The summed E-state index contributed by atoms with van der Waals surface area (Å²) < 4.78 is 13.1. The minimum Gasteiger partial charge on any atom is -0.423 e. The predicted molar refractivity (Wildman–Crippen MR) is 46.0 cm³/mol. The van der Waals surface area contributed by atoms with E-state index in [-0.39, 0.29) is 10.5 Å². The standard InChI is InChI=1S/C7H7BClFO2/c1-4-2-3-5(9)7(10)6(4)8(11)12/h2-3,11-12H,1H3. The average molecular weight is 188 g/mol. The molecule has 0 aliphatic carbocycles. The largest absolute Gasteiger partial charge is 0.491 e. The first-order chi connectivity index (χ1) is 5.54. The fourth-order valence-electron chi connectivity index (χ4n) is 0.980. The molecule has 1 aromatic carbocycles. The van der Waals surface area contributed by atoms with Crippen molar-refractivity contribution >= 4 is 24.2 Å². The van der Waals surface area contributed by atoms with E-state index in [0.717, 1.165) is 0 Å². The molecule has 5 heteroatoms. The molecular formula is C7H7BClFO2. The van der Waals surface area contributed by atoms with Gasteiger partial charge in [0.1, 0.15) is 5.82 Å². The van der Waals surface area contributed by atoms with E-state index in [1.165, 1.54) is 12.1 Å². The third-order valence-electron chi connectivity index (χ3n) is 1.61. The van der Waals surface area contributed by atoms with Crippen molar-refractivity contribution in [2.45, 2.75) is 6.92 Å². The minimum absolute atomic E-state index is 0.108. The first-order valence-corrected chi connectivity index (χ1v) is 3.72. The van der Waals surface area contributed by atoms with Gasteiger partial charge in [-0.25, -0.2) is 4.39 Å². The molecular weight excluding hydrogens is 181 g/mol. The van der Waals surface area contributed by atoms with Crippen LogP contribution in [-0.4, -0.2) is 17.2 Å². The van der Waals surface area contributed by atoms with Crippen LogP contribution in [0.15, 0.2) is 12.1 Å². The molecule has 0 aromatic heterocycles. The molecule has 0 amide bonds. The molecule has 0 saturated carbocycles. The molecule has 0 radical (unpaired) electrons. The Morgan fingerprint density at radius 1 is 1.42 bits per heavy atom. The molecule has 0 saturated heterocycles. The van der Waals surface area contributed by atoms with Gasteiger partial charge in [0.25, 0.3) is 0 Å². The predicted octanol–water partition coefficient (Wildman–Crippen LogP) is 0.467. The van der Waals surface area contributed by atoms with Crippen LogP contribution in [0.5, 0.6) is 0 Å².